The number of benzene rings is 1. The fraction of sp³-hybridized carbons (Fsp3) is 0.571. The molecule has 0 spiro atoms. The summed E-state index contributed by atoms with van der Waals surface area (Å²) in [5.74, 6) is 1.28. The molecule has 0 unspecified atom stereocenters. The third-order valence-electron chi connectivity index (χ3n) is 5.80. The van der Waals surface area contributed by atoms with Crippen LogP contribution in [0.2, 0.25) is 0 Å². The number of amides is 2. The predicted molar refractivity (Wildman–Crippen MR) is 113 cm³/mol. The SMILES string of the molecule is O=C(CCC(=O)N1CCN(c2nsc3ccccc23)CC1)N1CCCCCC1. The quantitative estimate of drug-likeness (QED) is 0.791. The summed E-state index contributed by atoms with van der Waals surface area (Å²) in [5, 5.41) is 1.19. The molecule has 1 aromatic heterocycles. The van der Waals surface area contributed by atoms with Crippen molar-refractivity contribution < 1.29 is 9.59 Å². The van der Waals surface area contributed by atoms with Crippen LogP contribution in [0.25, 0.3) is 10.1 Å². The van der Waals surface area contributed by atoms with Crippen LogP contribution in [-0.2, 0) is 9.59 Å². The molecule has 2 saturated heterocycles. The Bertz CT molecular complexity index is 821. The smallest absolute Gasteiger partial charge is 0.223 e. The Morgan fingerprint density at radius 3 is 2.11 bits per heavy atom. The van der Waals surface area contributed by atoms with E-state index in [4.69, 9.17) is 0 Å². The molecule has 6 nitrogen and oxygen atoms in total. The second kappa shape index (κ2) is 8.90. The Morgan fingerprint density at radius 2 is 1.43 bits per heavy atom. The van der Waals surface area contributed by atoms with Crippen molar-refractivity contribution in [1.82, 2.24) is 14.2 Å². The summed E-state index contributed by atoms with van der Waals surface area (Å²) in [7, 11) is 0. The molecule has 150 valence electrons. The van der Waals surface area contributed by atoms with Gasteiger partial charge in [-0.3, -0.25) is 9.59 Å². The lowest BCUT2D eigenvalue weighted by molar-refractivity contribution is -0.137. The largest absolute Gasteiger partial charge is 0.352 e. The molecular weight excluding hydrogens is 372 g/mol. The lowest BCUT2D eigenvalue weighted by Gasteiger charge is -2.35. The van der Waals surface area contributed by atoms with E-state index in [1.165, 1.54) is 34.5 Å². The van der Waals surface area contributed by atoms with Crippen molar-refractivity contribution in [3.8, 4) is 0 Å². The second-order valence-electron chi connectivity index (χ2n) is 7.67. The van der Waals surface area contributed by atoms with E-state index < -0.39 is 0 Å². The molecule has 2 aliphatic heterocycles. The average molecular weight is 401 g/mol. The number of carbonyl (C=O) groups excluding carboxylic acids is 2. The number of fused-ring (bicyclic) bond motifs is 1. The highest BCUT2D eigenvalue weighted by Gasteiger charge is 2.24. The number of rotatable bonds is 4. The van der Waals surface area contributed by atoms with Gasteiger partial charge in [0.1, 0.15) is 5.82 Å². The highest BCUT2D eigenvalue weighted by molar-refractivity contribution is 7.13. The summed E-state index contributed by atoms with van der Waals surface area (Å²) < 4.78 is 5.82. The van der Waals surface area contributed by atoms with Crippen LogP contribution < -0.4 is 4.90 Å². The van der Waals surface area contributed by atoms with Crippen LogP contribution in [0.4, 0.5) is 5.82 Å². The van der Waals surface area contributed by atoms with Crippen LogP contribution in [0.5, 0.6) is 0 Å². The fourth-order valence-corrected chi connectivity index (χ4v) is 4.91. The van der Waals surface area contributed by atoms with E-state index in [9.17, 15) is 9.59 Å². The minimum atomic E-state index is 0.103. The molecule has 4 rings (SSSR count). The minimum Gasteiger partial charge on any atom is -0.352 e. The monoisotopic (exact) mass is 400 g/mol. The lowest BCUT2D eigenvalue weighted by atomic mass is 10.2. The number of aromatic nitrogens is 1. The van der Waals surface area contributed by atoms with Crippen LogP contribution in [0, 0.1) is 0 Å². The molecule has 2 aliphatic rings. The Kier molecular flexibility index (Phi) is 6.10. The first kappa shape index (κ1) is 19.2. The van der Waals surface area contributed by atoms with Crippen molar-refractivity contribution in [3.63, 3.8) is 0 Å². The predicted octanol–water partition coefficient (Wildman–Crippen LogP) is 3.13. The van der Waals surface area contributed by atoms with Gasteiger partial charge in [0, 0.05) is 57.5 Å². The van der Waals surface area contributed by atoms with Crippen molar-refractivity contribution in [2.45, 2.75) is 38.5 Å². The number of nitrogens with zero attached hydrogens (tertiary/aromatic N) is 4. The van der Waals surface area contributed by atoms with Gasteiger partial charge < -0.3 is 14.7 Å². The molecule has 0 radical (unpaired) electrons. The van der Waals surface area contributed by atoms with E-state index in [1.54, 1.807) is 0 Å². The number of piperazine rings is 1. The summed E-state index contributed by atoms with van der Waals surface area (Å²) in [6.45, 7) is 4.69. The molecule has 0 saturated carbocycles. The zero-order chi connectivity index (χ0) is 19.3. The maximum atomic E-state index is 12.6. The molecule has 1 aromatic carbocycles. The summed E-state index contributed by atoms with van der Waals surface area (Å²) in [6.07, 6.45) is 5.27. The molecule has 2 amide bonds. The molecule has 7 heteroatoms. The van der Waals surface area contributed by atoms with E-state index in [2.05, 4.69) is 21.4 Å². The van der Waals surface area contributed by atoms with Gasteiger partial charge in [0.25, 0.3) is 0 Å². The van der Waals surface area contributed by atoms with Crippen LogP contribution in [0.15, 0.2) is 24.3 Å². The molecule has 0 atom stereocenters. The first-order valence-corrected chi connectivity index (χ1v) is 11.1. The third-order valence-corrected chi connectivity index (χ3v) is 6.62. The molecular formula is C21H28N4O2S. The molecule has 0 N–H and O–H groups in total. The van der Waals surface area contributed by atoms with Crippen LogP contribution in [0.1, 0.15) is 38.5 Å². The van der Waals surface area contributed by atoms with Crippen LogP contribution in [-0.4, -0.2) is 65.3 Å². The summed E-state index contributed by atoms with van der Waals surface area (Å²) in [6, 6.07) is 8.28. The Morgan fingerprint density at radius 1 is 0.821 bits per heavy atom. The third kappa shape index (κ3) is 4.29. The van der Waals surface area contributed by atoms with E-state index in [1.807, 2.05) is 21.9 Å². The molecule has 2 aromatic rings. The van der Waals surface area contributed by atoms with E-state index in [0.29, 0.717) is 25.9 Å². The lowest BCUT2D eigenvalue weighted by Crippen LogP contribution is -2.49. The molecule has 0 aliphatic carbocycles. The van der Waals surface area contributed by atoms with Crippen molar-refractivity contribution in [1.29, 1.82) is 0 Å². The second-order valence-corrected chi connectivity index (χ2v) is 8.47. The Hall–Kier alpha value is -2.15. The van der Waals surface area contributed by atoms with Gasteiger partial charge in [-0.15, -0.1) is 0 Å². The average Bonchev–Trinajstić information content (AvgIpc) is 2.97. The van der Waals surface area contributed by atoms with E-state index in [0.717, 1.165) is 44.8 Å². The van der Waals surface area contributed by atoms with E-state index >= 15 is 0 Å². The number of carbonyl (C=O) groups is 2. The van der Waals surface area contributed by atoms with Gasteiger partial charge in [-0.1, -0.05) is 25.0 Å². The van der Waals surface area contributed by atoms with Gasteiger partial charge in [-0.2, -0.15) is 4.37 Å². The number of likely N-dealkylation sites (tertiary alicyclic amines) is 1. The number of hydrogen-bond donors (Lipinski definition) is 0. The fourth-order valence-electron chi connectivity index (χ4n) is 4.12. The van der Waals surface area contributed by atoms with Crippen molar-refractivity contribution in [3.05, 3.63) is 24.3 Å². The first-order valence-electron chi connectivity index (χ1n) is 10.4. The van der Waals surface area contributed by atoms with Gasteiger partial charge in [0.2, 0.25) is 11.8 Å². The van der Waals surface area contributed by atoms with Crippen molar-refractivity contribution in [2.75, 3.05) is 44.2 Å². The first-order chi connectivity index (χ1) is 13.7. The molecule has 0 bridgehead atoms. The normalized spacial score (nSPS) is 18.4. The van der Waals surface area contributed by atoms with E-state index in [-0.39, 0.29) is 11.8 Å². The van der Waals surface area contributed by atoms with Crippen molar-refractivity contribution >= 4 is 39.3 Å². The van der Waals surface area contributed by atoms with Crippen LogP contribution in [0.3, 0.4) is 0 Å². The van der Waals surface area contributed by atoms with Crippen molar-refractivity contribution in [2.24, 2.45) is 0 Å². The zero-order valence-corrected chi connectivity index (χ0v) is 17.1. The topological polar surface area (TPSA) is 56.8 Å². The number of hydrogen-bond acceptors (Lipinski definition) is 5. The van der Waals surface area contributed by atoms with Gasteiger partial charge in [-0.25, -0.2) is 0 Å². The zero-order valence-electron chi connectivity index (χ0n) is 16.3. The Labute approximate surface area is 170 Å². The maximum absolute atomic E-state index is 12.6. The van der Waals surface area contributed by atoms with Crippen LogP contribution >= 0.6 is 11.5 Å². The molecule has 2 fully saturated rings. The maximum Gasteiger partial charge on any atom is 0.223 e. The molecule has 28 heavy (non-hydrogen) atoms. The highest BCUT2D eigenvalue weighted by Crippen LogP contribution is 2.29. The van der Waals surface area contributed by atoms with Gasteiger partial charge in [-0.05, 0) is 36.5 Å². The standard InChI is InChI=1S/C21H28N4O2S/c26-19(23-11-5-1-2-6-12-23)9-10-20(27)24-13-15-25(16-14-24)21-17-7-3-4-8-18(17)28-22-21/h3-4,7-8H,1-2,5-6,9-16H2. The summed E-state index contributed by atoms with van der Waals surface area (Å²) in [5.41, 5.74) is 0. The summed E-state index contributed by atoms with van der Waals surface area (Å²) >= 11 is 1.53. The highest BCUT2D eigenvalue weighted by atomic mass is 32.1. The van der Waals surface area contributed by atoms with Gasteiger partial charge in [0.15, 0.2) is 0 Å². The molecule has 3 heterocycles. The minimum absolute atomic E-state index is 0.103. The van der Waals surface area contributed by atoms with Gasteiger partial charge in [0.05, 0.1) is 4.70 Å². The van der Waals surface area contributed by atoms with Gasteiger partial charge >= 0.3 is 0 Å². The Balaban J connectivity index is 1.26. The summed E-state index contributed by atoms with van der Waals surface area (Å²) in [4.78, 5) is 31.1. The number of anilines is 1.